The molecular weight excluding hydrogens is 234 g/mol. The predicted molar refractivity (Wildman–Crippen MR) is 72.1 cm³/mol. The van der Waals surface area contributed by atoms with Crippen molar-refractivity contribution < 1.29 is 4.79 Å². The van der Waals surface area contributed by atoms with Crippen LogP contribution in [-0.2, 0) is 4.79 Å². The Kier molecular flexibility index (Phi) is 4.70. The van der Waals surface area contributed by atoms with E-state index < -0.39 is 0 Å². The molecule has 2 heterocycles. The molecule has 0 aliphatic carbocycles. The van der Waals surface area contributed by atoms with Crippen LogP contribution < -0.4 is 5.73 Å². The highest BCUT2D eigenvalue weighted by molar-refractivity contribution is 7.99. The Labute approximate surface area is 108 Å². The molecule has 0 saturated carbocycles. The van der Waals surface area contributed by atoms with Gasteiger partial charge in [0.25, 0.3) is 0 Å². The molecule has 17 heavy (non-hydrogen) atoms. The highest BCUT2D eigenvalue weighted by Crippen LogP contribution is 2.20. The van der Waals surface area contributed by atoms with Crippen LogP contribution >= 0.6 is 11.8 Å². The number of carbonyl (C=O) groups excluding carboxylic acids is 1. The van der Waals surface area contributed by atoms with Gasteiger partial charge < -0.3 is 10.6 Å². The van der Waals surface area contributed by atoms with Crippen LogP contribution in [-0.4, -0.2) is 65.5 Å². The number of hydrogen-bond acceptors (Lipinski definition) is 4. The molecule has 0 bridgehead atoms. The lowest BCUT2D eigenvalue weighted by Crippen LogP contribution is -2.51. The first-order valence-corrected chi connectivity index (χ1v) is 7.70. The number of rotatable bonds is 2. The first-order valence-electron chi connectivity index (χ1n) is 6.54. The molecule has 1 atom stereocenters. The molecule has 2 fully saturated rings. The Morgan fingerprint density at radius 2 is 1.82 bits per heavy atom. The Morgan fingerprint density at radius 1 is 1.24 bits per heavy atom. The lowest BCUT2D eigenvalue weighted by atomic mass is 10.0. The fourth-order valence-corrected chi connectivity index (χ4v) is 3.61. The van der Waals surface area contributed by atoms with Gasteiger partial charge in [0.2, 0.25) is 5.91 Å². The van der Waals surface area contributed by atoms with Gasteiger partial charge in [0.05, 0.1) is 6.04 Å². The van der Waals surface area contributed by atoms with E-state index in [1.165, 1.54) is 24.6 Å². The van der Waals surface area contributed by atoms with Gasteiger partial charge in [-0.05, 0) is 19.8 Å². The van der Waals surface area contributed by atoms with Crippen LogP contribution in [0.5, 0.6) is 0 Å². The van der Waals surface area contributed by atoms with Crippen LogP contribution in [0.3, 0.4) is 0 Å². The van der Waals surface area contributed by atoms with Gasteiger partial charge in [-0.2, -0.15) is 11.8 Å². The maximum absolute atomic E-state index is 11.8. The van der Waals surface area contributed by atoms with E-state index in [2.05, 4.69) is 4.90 Å². The van der Waals surface area contributed by atoms with E-state index in [0.717, 1.165) is 25.9 Å². The van der Waals surface area contributed by atoms with Gasteiger partial charge in [0, 0.05) is 43.7 Å². The third-order valence-electron chi connectivity index (χ3n) is 3.73. The maximum Gasteiger partial charge on any atom is 0.239 e. The average Bonchev–Trinajstić information content (AvgIpc) is 2.39. The van der Waals surface area contributed by atoms with Gasteiger partial charge in [-0.25, -0.2) is 0 Å². The van der Waals surface area contributed by atoms with Crippen LogP contribution in [0.15, 0.2) is 0 Å². The predicted octanol–water partition coefficient (Wildman–Crippen LogP) is 0.373. The second-order valence-electron chi connectivity index (χ2n) is 4.99. The van der Waals surface area contributed by atoms with Gasteiger partial charge in [-0.1, -0.05) is 0 Å². The van der Waals surface area contributed by atoms with E-state index in [-0.39, 0.29) is 11.9 Å². The number of nitrogens with two attached hydrogens (primary N) is 1. The standard InChI is InChI=1S/C12H23N3OS/c1-10(13)12(16)15-4-2-11(3-5-15)14-6-8-17-9-7-14/h10-11H,2-9,13H2,1H3. The largest absolute Gasteiger partial charge is 0.341 e. The van der Waals surface area contributed by atoms with Crippen molar-refractivity contribution in [3.05, 3.63) is 0 Å². The summed E-state index contributed by atoms with van der Waals surface area (Å²) in [5.41, 5.74) is 5.64. The lowest BCUT2D eigenvalue weighted by molar-refractivity contribution is -0.133. The molecule has 2 N–H and O–H groups in total. The fourth-order valence-electron chi connectivity index (χ4n) is 2.68. The Hall–Kier alpha value is -0.260. The third kappa shape index (κ3) is 3.36. The van der Waals surface area contributed by atoms with Crippen molar-refractivity contribution in [3.8, 4) is 0 Å². The molecular formula is C12H23N3OS. The Morgan fingerprint density at radius 3 is 2.35 bits per heavy atom. The van der Waals surface area contributed by atoms with Crippen molar-refractivity contribution in [1.29, 1.82) is 0 Å². The van der Waals surface area contributed by atoms with Gasteiger partial charge in [0.1, 0.15) is 0 Å². The SMILES string of the molecule is CC(N)C(=O)N1CCC(N2CCSCC2)CC1. The highest BCUT2D eigenvalue weighted by Gasteiger charge is 2.28. The average molecular weight is 257 g/mol. The van der Waals surface area contributed by atoms with E-state index in [4.69, 9.17) is 5.73 Å². The summed E-state index contributed by atoms with van der Waals surface area (Å²) in [4.78, 5) is 16.3. The zero-order chi connectivity index (χ0) is 12.3. The number of hydrogen-bond donors (Lipinski definition) is 1. The summed E-state index contributed by atoms with van der Waals surface area (Å²) in [5, 5.41) is 0. The lowest BCUT2D eigenvalue weighted by Gasteiger charge is -2.40. The van der Waals surface area contributed by atoms with Gasteiger partial charge in [0.15, 0.2) is 0 Å². The van der Waals surface area contributed by atoms with Crippen molar-refractivity contribution >= 4 is 17.7 Å². The minimum atomic E-state index is -0.349. The summed E-state index contributed by atoms with van der Waals surface area (Å²) in [6, 6.07) is 0.339. The van der Waals surface area contributed by atoms with Crippen LogP contribution in [0.1, 0.15) is 19.8 Å². The third-order valence-corrected chi connectivity index (χ3v) is 4.67. The first kappa shape index (κ1) is 13.2. The molecule has 0 aromatic rings. The minimum absolute atomic E-state index is 0.109. The van der Waals surface area contributed by atoms with Gasteiger partial charge in [-0.15, -0.1) is 0 Å². The second-order valence-corrected chi connectivity index (χ2v) is 6.22. The second kappa shape index (κ2) is 6.07. The van der Waals surface area contributed by atoms with E-state index >= 15 is 0 Å². The minimum Gasteiger partial charge on any atom is -0.341 e. The molecule has 0 spiro atoms. The molecule has 2 aliphatic heterocycles. The molecule has 0 radical (unpaired) electrons. The summed E-state index contributed by atoms with van der Waals surface area (Å²) in [5.74, 6) is 2.63. The van der Waals surface area contributed by atoms with Crippen molar-refractivity contribution in [2.75, 3.05) is 37.7 Å². The first-order chi connectivity index (χ1) is 8.18. The molecule has 1 amide bonds. The number of piperidine rings is 1. The highest BCUT2D eigenvalue weighted by atomic mass is 32.2. The molecule has 0 aromatic heterocycles. The smallest absolute Gasteiger partial charge is 0.239 e. The molecule has 1 unspecified atom stereocenters. The summed E-state index contributed by atoms with van der Waals surface area (Å²) >= 11 is 2.05. The number of carbonyl (C=O) groups is 1. The van der Waals surface area contributed by atoms with E-state index in [0.29, 0.717) is 6.04 Å². The monoisotopic (exact) mass is 257 g/mol. The number of likely N-dealkylation sites (tertiary alicyclic amines) is 1. The van der Waals surface area contributed by atoms with Crippen molar-refractivity contribution in [2.45, 2.75) is 31.8 Å². The topological polar surface area (TPSA) is 49.6 Å². The quantitative estimate of drug-likeness (QED) is 0.777. The molecule has 4 nitrogen and oxygen atoms in total. The molecule has 5 heteroatoms. The summed E-state index contributed by atoms with van der Waals surface area (Å²) in [7, 11) is 0. The van der Waals surface area contributed by atoms with E-state index in [1.54, 1.807) is 6.92 Å². The maximum atomic E-state index is 11.8. The molecule has 2 saturated heterocycles. The van der Waals surface area contributed by atoms with Crippen molar-refractivity contribution in [1.82, 2.24) is 9.80 Å². The number of thioether (sulfide) groups is 1. The fraction of sp³-hybridized carbons (Fsp3) is 0.917. The summed E-state index contributed by atoms with van der Waals surface area (Å²) in [6.07, 6.45) is 2.23. The zero-order valence-corrected chi connectivity index (χ0v) is 11.4. The summed E-state index contributed by atoms with van der Waals surface area (Å²) in [6.45, 7) is 5.98. The normalized spacial score (nSPS) is 25.9. The van der Waals surface area contributed by atoms with Gasteiger partial charge in [-0.3, -0.25) is 9.69 Å². The number of amides is 1. The molecule has 2 rings (SSSR count). The molecule has 98 valence electrons. The zero-order valence-electron chi connectivity index (χ0n) is 10.6. The van der Waals surface area contributed by atoms with Crippen molar-refractivity contribution in [2.24, 2.45) is 5.73 Å². The molecule has 2 aliphatic rings. The van der Waals surface area contributed by atoms with Crippen LogP contribution in [0.2, 0.25) is 0 Å². The van der Waals surface area contributed by atoms with Crippen LogP contribution in [0.25, 0.3) is 0 Å². The Balaban J connectivity index is 1.79. The van der Waals surface area contributed by atoms with Crippen LogP contribution in [0, 0.1) is 0 Å². The summed E-state index contributed by atoms with van der Waals surface area (Å²) < 4.78 is 0. The van der Waals surface area contributed by atoms with Crippen LogP contribution in [0.4, 0.5) is 0 Å². The van der Waals surface area contributed by atoms with Crippen molar-refractivity contribution in [3.63, 3.8) is 0 Å². The van der Waals surface area contributed by atoms with Gasteiger partial charge >= 0.3 is 0 Å². The Bertz CT molecular complexity index is 258. The van der Waals surface area contributed by atoms with E-state index in [9.17, 15) is 4.79 Å². The van der Waals surface area contributed by atoms with E-state index in [1.807, 2.05) is 16.7 Å². The number of nitrogens with zero attached hydrogens (tertiary/aromatic N) is 2. The molecule has 0 aromatic carbocycles.